The predicted molar refractivity (Wildman–Crippen MR) is 84.0 cm³/mol. The minimum Gasteiger partial charge on any atom is -0.491 e. The standard InChI is InChI=1S/C15H18ClNO2S/c1-17-14(15-12(16)7-10-20-15)11-5-3-4-6-13(11)19-9-8-18-2/h3-7,10,14,17H,8-9H2,1-2H3. The molecule has 0 bridgehead atoms. The number of halogens is 1. The number of benzene rings is 1. The van der Waals surface area contributed by atoms with E-state index in [1.54, 1.807) is 18.4 Å². The smallest absolute Gasteiger partial charge is 0.124 e. The highest BCUT2D eigenvalue weighted by molar-refractivity contribution is 7.10. The summed E-state index contributed by atoms with van der Waals surface area (Å²) in [5.41, 5.74) is 1.08. The predicted octanol–water partition coefficient (Wildman–Crippen LogP) is 3.74. The van der Waals surface area contributed by atoms with Gasteiger partial charge in [-0.15, -0.1) is 11.3 Å². The van der Waals surface area contributed by atoms with Crippen LogP contribution in [0.4, 0.5) is 0 Å². The van der Waals surface area contributed by atoms with Crippen LogP contribution in [0, 0.1) is 0 Å². The van der Waals surface area contributed by atoms with Gasteiger partial charge in [-0.25, -0.2) is 0 Å². The van der Waals surface area contributed by atoms with Gasteiger partial charge in [0.2, 0.25) is 0 Å². The summed E-state index contributed by atoms with van der Waals surface area (Å²) >= 11 is 7.89. The Balaban J connectivity index is 2.28. The Morgan fingerprint density at radius 3 is 2.70 bits per heavy atom. The zero-order valence-corrected chi connectivity index (χ0v) is 13.1. The molecule has 3 nitrogen and oxygen atoms in total. The number of hydrogen-bond donors (Lipinski definition) is 1. The summed E-state index contributed by atoms with van der Waals surface area (Å²) < 4.78 is 10.8. The molecule has 1 atom stereocenters. The van der Waals surface area contributed by atoms with E-state index in [-0.39, 0.29) is 6.04 Å². The van der Waals surface area contributed by atoms with Crippen LogP contribution in [-0.2, 0) is 4.74 Å². The van der Waals surface area contributed by atoms with Gasteiger partial charge in [0.15, 0.2) is 0 Å². The molecular weight excluding hydrogens is 294 g/mol. The number of methoxy groups -OCH3 is 1. The Kier molecular flexibility index (Phi) is 5.86. The minimum atomic E-state index is 0.0289. The highest BCUT2D eigenvalue weighted by Crippen LogP contribution is 2.36. The van der Waals surface area contributed by atoms with Gasteiger partial charge in [-0.2, -0.15) is 0 Å². The maximum absolute atomic E-state index is 6.25. The van der Waals surface area contributed by atoms with Gasteiger partial charge >= 0.3 is 0 Å². The van der Waals surface area contributed by atoms with Crippen molar-refractivity contribution in [2.45, 2.75) is 6.04 Å². The van der Waals surface area contributed by atoms with Crippen LogP contribution in [0.3, 0.4) is 0 Å². The second-order valence-electron chi connectivity index (χ2n) is 4.23. The van der Waals surface area contributed by atoms with E-state index in [1.165, 1.54) is 0 Å². The largest absolute Gasteiger partial charge is 0.491 e. The molecule has 0 saturated carbocycles. The molecule has 2 aromatic rings. The highest BCUT2D eigenvalue weighted by atomic mass is 35.5. The fourth-order valence-corrected chi connectivity index (χ4v) is 3.32. The van der Waals surface area contributed by atoms with Crippen LogP contribution in [-0.4, -0.2) is 27.4 Å². The van der Waals surface area contributed by atoms with Crippen LogP contribution < -0.4 is 10.1 Å². The first kappa shape index (κ1) is 15.3. The quantitative estimate of drug-likeness (QED) is 0.790. The second kappa shape index (κ2) is 7.64. The topological polar surface area (TPSA) is 30.5 Å². The third-order valence-electron chi connectivity index (χ3n) is 2.97. The van der Waals surface area contributed by atoms with Crippen LogP contribution in [0.25, 0.3) is 0 Å². The molecule has 2 rings (SSSR count). The average Bonchev–Trinajstić information content (AvgIpc) is 2.88. The molecule has 0 aliphatic carbocycles. The number of rotatable bonds is 7. The molecule has 1 aromatic heterocycles. The molecule has 1 heterocycles. The summed E-state index contributed by atoms with van der Waals surface area (Å²) in [7, 11) is 3.59. The number of para-hydroxylation sites is 1. The third kappa shape index (κ3) is 3.52. The molecular formula is C15H18ClNO2S. The van der Waals surface area contributed by atoms with Crippen molar-refractivity contribution in [1.29, 1.82) is 0 Å². The second-order valence-corrected chi connectivity index (χ2v) is 5.59. The summed E-state index contributed by atoms with van der Waals surface area (Å²) in [6.45, 7) is 1.10. The molecule has 0 saturated heterocycles. The zero-order valence-electron chi connectivity index (χ0n) is 11.6. The van der Waals surface area contributed by atoms with Crippen molar-refractivity contribution in [2.24, 2.45) is 0 Å². The zero-order chi connectivity index (χ0) is 14.4. The van der Waals surface area contributed by atoms with Crippen molar-refractivity contribution in [3.8, 4) is 5.75 Å². The van der Waals surface area contributed by atoms with Gasteiger partial charge in [0.1, 0.15) is 12.4 Å². The molecule has 0 radical (unpaired) electrons. The molecule has 1 N–H and O–H groups in total. The molecule has 0 amide bonds. The molecule has 1 unspecified atom stereocenters. The molecule has 20 heavy (non-hydrogen) atoms. The van der Waals surface area contributed by atoms with Gasteiger partial charge in [0, 0.05) is 17.6 Å². The van der Waals surface area contributed by atoms with Gasteiger partial charge in [-0.05, 0) is 24.6 Å². The summed E-state index contributed by atoms with van der Waals surface area (Å²) in [5, 5.41) is 6.08. The van der Waals surface area contributed by atoms with Crippen molar-refractivity contribution in [3.63, 3.8) is 0 Å². The van der Waals surface area contributed by atoms with Gasteiger partial charge in [-0.1, -0.05) is 29.8 Å². The summed E-state index contributed by atoms with van der Waals surface area (Å²) in [6.07, 6.45) is 0. The Hall–Kier alpha value is -1.07. The Morgan fingerprint density at radius 2 is 2.05 bits per heavy atom. The molecule has 0 spiro atoms. The van der Waals surface area contributed by atoms with Gasteiger partial charge < -0.3 is 14.8 Å². The molecule has 1 aromatic carbocycles. The third-order valence-corrected chi connectivity index (χ3v) is 4.39. The first-order valence-electron chi connectivity index (χ1n) is 6.38. The van der Waals surface area contributed by atoms with E-state index in [2.05, 4.69) is 11.4 Å². The monoisotopic (exact) mass is 311 g/mol. The maximum Gasteiger partial charge on any atom is 0.124 e. The average molecular weight is 312 g/mol. The summed E-state index contributed by atoms with van der Waals surface area (Å²) in [4.78, 5) is 1.09. The van der Waals surface area contributed by atoms with Crippen molar-refractivity contribution >= 4 is 22.9 Å². The SMILES string of the molecule is CNC(c1ccccc1OCCOC)c1sccc1Cl. The number of ether oxygens (including phenoxy) is 2. The lowest BCUT2D eigenvalue weighted by Crippen LogP contribution is -2.18. The van der Waals surface area contributed by atoms with Crippen LogP contribution in [0.1, 0.15) is 16.5 Å². The van der Waals surface area contributed by atoms with Crippen LogP contribution in [0.2, 0.25) is 5.02 Å². The normalized spacial score (nSPS) is 12.3. The van der Waals surface area contributed by atoms with Crippen LogP contribution in [0.15, 0.2) is 35.7 Å². The molecule has 5 heteroatoms. The van der Waals surface area contributed by atoms with Gasteiger partial charge in [0.25, 0.3) is 0 Å². The summed E-state index contributed by atoms with van der Waals surface area (Å²) in [6, 6.07) is 9.94. The highest BCUT2D eigenvalue weighted by Gasteiger charge is 2.20. The van der Waals surface area contributed by atoms with E-state index in [0.29, 0.717) is 13.2 Å². The van der Waals surface area contributed by atoms with Crippen LogP contribution in [0.5, 0.6) is 5.75 Å². The van der Waals surface area contributed by atoms with E-state index < -0.39 is 0 Å². The molecule has 108 valence electrons. The number of thiophene rings is 1. The Labute approximate surface area is 128 Å². The first-order valence-corrected chi connectivity index (χ1v) is 7.64. The van der Waals surface area contributed by atoms with E-state index in [1.807, 2.05) is 36.7 Å². The number of hydrogen-bond acceptors (Lipinski definition) is 4. The lowest BCUT2D eigenvalue weighted by Gasteiger charge is -2.19. The first-order chi connectivity index (χ1) is 9.77. The van der Waals surface area contributed by atoms with Crippen molar-refractivity contribution in [2.75, 3.05) is 27.4 Å². The van der Waals surface area contributed by atoms with Crippen molar-refractivity contribution in [3.05, 3.63) is 51.2 Å². The summed E-state index contributed by atoms with van der Waals surface area (Å²) in [5.74, 6) is 0.855. The van der Waals surface area contributed by atoms with Gasteiger partial charge in [-0.3, -0.25) is 0 Å². The molecule has 0 fully saturated rings. The Bertz CT molecular complexity index is 544. The maximum atomic E-state index is 6.25. The van der Waals surface area contributed by atoms with Gasteiger partial charge in [0.05, 0.1) is 17.7 Å². The van der Waals surface area contributed by atoms with E-state index in [9.17, 15) is 0 Å². The lowest BCUT2D eigenvalue weighted by atomic mass is 10.0. The Morgan fingerprint density at radius 1 is 1.25 bits per heavy atom. The van der Waals surface area contributed by atoms with E-state index >= 15 is 0 Å². The molecule has 0 aliphatic rings. The lowest BCUT2D eigenvalue weighted by molar-refractivity contribution is 0.145. The number of nitrogens with one attached hydrogen (secondary N) is 1. The molecule has 0 aliphatic heterocycles. The van der Waals surface area contributed by atoms with Crippen LogP contribution >= 0.6 is 22.9 Å². The van der Waals surface area contributed by atoms with Crippen molar-refractivity contribution in [1.82, 2.24) is 5.32 Å². The van der Waals surface area contributed by atoms with Crippen molar-refractivity contribution < 1.29 is 9.47 Å². The van der Waals surface area contributed by atoms with E-state index in [0.717, 1.165) is 21.2 Å². The fraction of sp³-hybridized carbons (Fsp3) is 0.333. The minimum absolute atomic E-state index is 0.0289. The van der Waals surface area contributed by atoms with E-state index in [4.69, 9.17) is 21.1 Å². The fourth-order valence-electron chi connectivity index (χ4n) is 2.02.